The number of aliphatic hydroxyl groups excluding tert-OH is 1. The van der Waals surface area contributed by atoms with Crippen molar-refractivity contribution in [2.75, 3.05) is 4.90 Å². The number of aliphatic hydroxyl groups is 1. The van der Waals surface area contributed by atoms with Crippen LogP contribution in [0.15, 0.2) is 91.3 Å². The monoisotopic (exact) mass is 977 g/mol. The summed E-state index contributed by atoms with van der Waals surface area (Å²) in [7, 11) is 0. The summed E-state index contributed by atoms with van der Waals surface area (Å²) in [6.45, 7) is -0.645. The minimum atomic E-state index is -2.41. The second-order valence-electron chi connectivity index (χ2n) is 13.8. The van der Waals surface area contributed by atoms with Gasteiger partial charge in [-0.3, -0.25) is 49.0 Å². The number of amides is 6. The van der Waals surface area contributed by atoms with Crippen molar-refractivity contribution in [1.82, 2.24) is 36.9 Å². The number of benzene rings is 3. The van der Waals surface area contributed by atoms with E-state index in [1.807, 2.05) is 16.0 Å². The number of hydrogen-bond acceptors (Lipinski definition) is 19. The van der Waals surface area contributed by atoms with Crippen LogP contribution in [0.5, 0.6) is 0 Å². The summed E-state index contributed by atoms with van der Waals surface area (Å²) < 4.78 is 4.73. The van der Waals surface area contributed by atoms with Gasteiger partial charge in [0.25, 0.3) is 35.2 Å². The number of hydrogen-bond donors (Lipinski definition) is 15. The molecular formula is C35H43N23O12. The van der Waals surface area contributed by atoms with Crippen molar-refractivity contribution in [1.29, 1.82) is 0 Å². The van der Waals surface area contributed by atoms with E-state index in [1.54, 1.807) is 0 Å². The lowest BCUT2D eigenvalue weighted by Gasteiger charge is -2.30. The molecule has 35 heteroatoms. The van der Waals surface area contributed by atoms with Gasteiger partial charge in [0.2, 0.25) is 42.3 Å². The average Bonchev–Trinajstić information content (AvgIpc) is 3.78. The number of fused-ring (bicyclic) bond motifs is 1. The molecule has 35 nitrogen and oxygen atoms in total. The van der Waals surface area contributed by atoms with Crippen LogP contribution >= 0.6 is 0 Å². The number of guanidine groups is 4. The highest BCUT2D eigenvalue weighted by Crippen LogP contribution is 2.34. The van der Waals surface area contributed by atoms with Crippen molar-refractivity contribution >= 4 is 87.4 Å². The van der Waals surface area contributed by atoms with E-state index in [0.717, 1.165) is 23.1 Å². The number of nitrogens with one attached hydrogen (secondary N) is 5. The molecular weight excluding hydrogens is 935 g/mol. The first-order valence-electron chi connectivity index (χ1n) is 19.3. The van der Waals surface area contributed by atoms with Gasteiger partial charge < -0.3 is 88.2 Å². The highest BCUT2D eigenvalue weighted by molar-refractivity contribution is 6.00. The predicted molar refractivity (Wildman–Crippen MR) is 241 cm³/mol. The number of nitro groups is 2. The zero-order chi connectivity index (χ0) is 52.0. The summed E-state index contributed by atoms with van der Waals surface area (Å²) >= 11 is 0. The summed E-state index contributed by atoms with van der Waals surface area (Å²) in [6.07, 6.45) is -10.9. The lowest BCUT2D eigenvalue weighted by molar-refractivity contribution is -0.385. The van der Waals surface area contributed by atoms with E-state index >= 15 is 0 Å². The molecule has 1 aromatic heterocycles. The van der Waals surface area contributed by atoms with Crippen LogP contribution in [0.1, 0.15) is 17.2 Å². The number of carbonyl (C=O) groups excluding carboxylic acids is 6. The van der Waals surface area contributed by atoms with Gasteiger partial charge in [-0.05, 0) is 21.9 Å². The summed E-state index contributed by atoms with van der Waals surface area (Å²) in [6, 6.07) is 12.4. The maximum absolute atomic E-state index is 14.2. The zero-order valence-electron chi connectivity index (χ0n) is 35.7. The van der Waals surface area contributed by atoms with E-state index in [0.29, 0.717) is 0 Å². The SMILES string of the molecule is NC(=O)C(N=C(N)N)NC(=O)C(N=C(N)N)NC(=O)C(N=C(N)N)NC(=O)C(N=C(N)N)NC(=O)C(NC(=O)C(O)N(Cc1ccccc1[N+](=O)[O-])c1ccc([N+](=O)[O-])c2nonc12)c1ccccc1. The highest BCUT2D eigenvalue weighted by Gasteiger charge is 2.36. The fraction of sp³-hybridized carbons (Fsp3) is 0.200. The van der Waals surface area contributed by atoms with Crippen molar-refractivity contribution in [3.05, 3.63) is 98.1 Å². The molecule has 6 amide bonds. The molecule has 1 heterocycles. The molecule has 0 saturated heterocycles. The third-order valence-electron chi connectivity index (χ3n) is 8.86. The Kier molecular flexibility index (Phi) is 17.2. The lowest BCUT2D eigenvalue weighted by atomic mass is 10.1. The molecule has 3 aromatic carbocycles. The molecule has 0 saturated carbocycles. The number of para-hydroxylation sites is 1. The Bertz CT molecular complexity index is 2770. The van der Waals surface area contributed by atoms with Crippen LogP contribution < -0.4 is 83.1 Å². The van der Waals surface area contributed by atoms with Gasteiger partial charge in [-0.2, -0.15) is 0 Å². The van der Waals surface area contributed by atoms with Crippen LogP contribution in [0, 0.1) is 20.2 Å². The lowest BCUT2D eigenvalue weighted by Crippen LogP contribution is -2.58. The van der Waals surface area contributed by atoms with Crippen molar-refractivity contribution in [2.45, 2.75) is 43.5 Å². The van der Waals surface area contributed by atoms with Crippen molar-refractivity contribution in [3.63, 3.8) is 0 Å². The summed E-state index contributed by atoms with van der Waals surface area (Å²) in [5, 5.41) is 53.2. The molecule has 0 aliphatic rings. The number of primary amides is 1. The topological polar surface area (TPSA) is 595 Å². The van der Waals surface area contributed by atoms with E-state index < -0.39 is 129 Å². The first-order chi connectivity index (χ1) is 33.0. The number of carbonyl (C=O) groups is 6. The van der Waals surface area contributed by atoms with E-state index in [1.165, 1.54) is 48.5 Å². The van der Waals surface area contributed by atoms with E-state index in [4.69, 9.17) is 56.2 Å². The Hall–Kier alpha value is -10.5. The third kappa shape index (κ3) is 13.8. The molecule has 6 atom stereocenters. The normalized spacial score (nSPS) is 13.2. The van der Waals surface area contributed by atoms with Gasteiger partial charge in [-0.15, -0.1) is 0 Å². The second-order valence-corrected chi connectivity index (χ2v) is 13.8. The first-order valence-corrected chi connectivity index (χ1v) is 19.3. The fourth-order valence-electron chi connectivity index (χ4n) is 5.92. The van der Waals surface area contributed by atoms with Crippen LogP contribution in [-0.4, -0.2) is 115 Å². The number of nitro benzene ring substituents is 2. The number of nitrogens with two attached hydrogens (primary N) is 9. The molecule has 24 N–H and O–H groups in total. The van der Waals surface area contributed by atoms with E-state index in [-0.39, 0.29) is 22.3 Å². The Labute approximate surface area is 390 Å². The maximum Gasteiger partial charge on any atom is 0.300 e. The van der Waals surface area contributed by atoms with Gasteiger partial charge in [0.15, 0.2) is 29.4 Å². The molecule has 370 valence electrons. The number of aromatic nitrogens is 2. The van der Waals surface area contributed by atoms with Crippen LogP contribution in [0.4, 0.5) is 17.1 Å². The molecule has 4 rings (SSSR count). The Morgan fingerprint density at radius 3 is 1.50 bits per heavy atom. The van der Waals surface area contributed by atoms with E-state index in [9.17, 15) is 54.1 Å². The van der Waals surface area contributed by atoms with Crippen molar-refractivity contribution < 1.29 is 48.3 Å². The maximum atomic E-state index is 14.2. The number of nitrogens with zero attached hydrogens (tertiary/aromatic N) is 9. The summed E-state index contributed by atoms with van der Waals surface area (Å²) in [5.41, 5.74) is 46.5. The third-order valence-corrected chi connectivity index (χ3v) is 8.86. The van der Waals surface area contributed by atoms with Gasteiger partial charge >= 0.3 is 5.69 Å². The molecule has 0 aliphatic carbocycles. The first kappa shape index (κ1) is 52.1. The van der Waals surface area contributed by atoms with Crippen LogP contribution in [0.3, 0.4) is 0 Å². The van der Waals surface area contributed by atoms with Gasteiger partial charge in [0.1, 0.15) is 6.04 Å². The van der Waals surface area contributed by atoms with Crippen LogP contribution in [0.25, 0.3) is 11.0 Å². The molecule has 4 aromatic rings. The largest absolute Gasteiger partial charge is 0.370 e. The van der Waals surface area contributed by atoms with E-state index in [2.05, 4.69) is 40.9 Å². The molecule has 0 bridgehead atoms. The quantitative estimate of drug-likeness (QED) is 0.0114. The standard InChI is InChI=1S/C35H43N23O12/c36-21(59)22(50-32(37)38)46-27(61)24(52-34(41)42)48-29(63)25(53-35(43)44)49-28(62)23(51-33(39)40)47-26(60)18(13-6-2-1-3-7-13)45-30(64)31(65)56(12-14-8-4-5-9-15(14)57(66)67)16-10-11-17(58(68)69)20-19(16)54-70-55-20/h1-11,18,22-25,31,65H,12H2,(H2,36,59)(H,45,64)(H,46,61)(H,47,60)(H,48,63)(H,49,62)(H4,37,38,50)(H4,39,40,51)(H4,41,42,52)(H4,43,44,53). The Balaban J connectivity index is 1.68. The van der Waals surface area contributed by atoms with Gasteiger partial charge in [-0.1, -0.05) is 48.5 Å². The number of aliphatic imine (C=N–C) groups is 4. The zero-order valence-corrected chi connectivity index (χ0v) is 35.7. The Morgan fingerprint density at radius 1 is 0.571 bits per heavy atom. The molecule has 0 fully saturated rings. The highest BCUT2D eigenvalue weighted by atomic mass is 16.6. The van der Waals surface area contributed by atoms with Crippen molar-refractivity contribution in [2.24, 2.45) is 71.6 Å². The summed E-state index contributed by atoms with van der Waals surface area (Å²) in [4.78, 5) is 118. The molecule has 70 heavy (non-hydrogen) atoms. The molecule has 0 aliphatic heterocycles. The van der Waals surface area contributed by atoms with Crippen molar-refractivity contribution in [3.8, 4) is 0 Å². The van der Waals surface area contributed by atoms with Gasteiger partial charge in [0, 0.05) is 17.7 Å². The average molecular weight is 978 g/mol. The Morgan fingerprint density at radius 2 is 1.01 bits per heavy atom. The number of anilines is 1. The second kappa shape index (κ2) is 23.1. The molecule has 0 spiro atoms. The molecule has 0 radical (unpaired) electrons. The van der Waals surface area contributed by atoms with Crippen LogP contribution in [0.2, 0.25) is 0 Å². The summed E-state index contributed by atoms with van der Waals surface area (Å²) in [5.74, 6) is -11.4. The smallest absolute Gasteiger partial charge is 0.300 e. The fourth-order valence-corrected chi connectivity index (χ4v) is 5.92. The van der Waals surface area contributed by atoms with Gasteiger partial charge in [0.05, 0.1) is 22.1 Å². The minimum Gasteiger partial charge on any atom is -0.370 e. The van der Waals surface area contributed by atoms with Gasteiger partial charge in [-0.25, -0.2) is 24.6 Å². The molecule has 6 unspecified atom stereocenters. The van der Waals surface area contributed by atoms with Crippen LogP contribution in [-0.2, 0) is 35.3 Å². The predicted octanol–water partition coefficient (Wildman–Crippen LogP) is -7.43. The minimum absolute atomic E-state index is 0.00620. The number of rotatable bonds is 22. The number of non-ortho nitro benzene ring substituents is 1.